The van der Waals surface area contributed by atoms with E-state index in [1.54, 1.807) is 6.92 Å². The lowest BCUT2D eigenvalue weighted by Gasteiger charge is -2.17. The Morgan fingerprint density at radius 2 is 1.65 bits per heavy atom. The number of ether oxygens (including phenoxy) is 2. The summed E-state index contributed by atoms with van der Waals surface area (Å²) in [5, 5.41) is 2.95. The Morgan fingerprint density at radius 1 is 0.941 bits per heavy atom. The fourth-order valence-corrected chi connectivity index (χ4v) is 4.35. The number of fused-ring (bicyclic) bond motifs is 1. The van der Waals surface area contributed by atoms with Gasteiger partial charge in [-0.2, -0.15) is 0 Å². The Balaban J connectivity index is 1.63. The van der Waals surface area contributed by atoms with Crippen LogP contribution in [0.25, 0.3) is 5.57 Å². The van der Waals surface area contributed by atoms with E-state index in [0.717, 1.165) is 35.1 Å². The van der Waals surface area contributed by atoms with Crippen LogP contribution in [0.5, 0.6) is 5.75 Å². The second kappa shape index (κ2) is 10.8. The normalized spacial score (nSPS) is 14.5. The van der Waals surface area contributed by atoms with Crippen LogP contribution in [0.15, 0.2) is 84.4 Å². The van der Waals surface area contributed by atoms with Crippen molar-refractivity contribution < 1.29 is 19.1 Å². The minimum Gasteiger partial charge on any atom is -0.494 e. The van der Waals surface area contributed by atoms with Crippen molar-refractivity contribution >= 4 is 17.4 Å². The van der Waals surface area contributed by atoms with Crippen LogP contribution in [0.2, 0.25) is 0 Å². The van der Waals surface area contributed by atoms with Gasteiger partial charge in [0.2, 0.25) is 5.91 Å². The third-order valence-electron chi connectivity index (χ3n) is 5.79. The molecule has 0 aliphatic heterocycles. The number of hydrogen-bond donors (Lipinski definition) is 1. The molecule has 1 aliphatic carbocycles. The van der Waals surface area contributed by atoms with Gasteiger partial charge >= 0.3 is 5.97 Å². The number of amides is 1. The SMILES string of the molecule is CCOC(=O)C1=C(c2ccccc2)c2ccc(OCCCc3ccccc3)cc2C1NC(C)=O. The van der Waals surface area contributed by atoms with E-state index >= 15 is 0 Å². The molecule has 4 rings (SSSR count). The quantitative estimate of drug-likeness (QED) is 0.353. The lowest BCUT2D eigenvalue weighted by atomic mass is 9.97. The summed E-state index contributed by atoms with van der Waals surface area (Å²) in [6.07, 6.45) is 1.82. The molecule has 0 aromatic heterocycles. The highest BCUT2D eigenvalue weighted by atomic mass is 16.5. The fourth-order valence-electron chi connectivity index (χ4n) is 4.35. The van der Waals surface area contributed by atoms with Gasteiger partial charge in [0.15, 0.2) is 0 Å². The number of benzene rings is 3. The topological polar surface area (TPSA) is 64.6 Å². The van der Waals surface area contributed by atoms with Gasteiger partial charge in [0, 0.05) is 12.5 Å². The molecule has 0 radical (unpaired) electrons. The molecular formula is C29H29NO4. The van der Waals surface area contributed by atoms with Crippen LogP contribution < -0.4 is 10.1 Å². The fraction of sp³-hybridized carbons (Fsp3) is 0.241. The highest BCUT2D eigenvalue weighted by molar-refractivity contribution is 6.07. The maximum Gasteiger partial charge on any atom is 0.337 e. The first-order chi connectivity index (χ1) is 16.6. The molecule has 3 aromatic carbocycles. The van der Waals surface area contributed by atoms with Gasteiger partial charge in [-0.25, -0.2) is 4.79 Å². The monoisotopic (exact) mass is 455 g/mol. The van der Waals surface area contributed by atoms with Crippen molar-refractivity contribution in [3.8, 4) is 5.75 Å². The maximum absolute atomic E-state index is 13.1. The number of nitrogens with one attached hydrogen (secondary N) is 1. The van der Waals surface area contributed by atoms with E-state index in [9.17, 15) is 9.59 Å². The second-order valence-corrected chi connectivity index (χ2v) is 8.20. The largest absolute Gasteiger partial charge is 0.494 e. The molecule has 1 aliphatic rings. The lowest BCUT2D eigenvalue weighted by molar-refractivity contribution is -0.138. The highest BCUT2D eigenvalue weighted by Crippen LogP contribution is 2.45. The minimum atomic E-state index is -0.602. The van der Waals surface area contributed by atoms with E-state index in [4.69, 9.17) is 9.47 Å². The molecule has 5 nitrogen and oxygen atoms in total. The van der Waals surface area contributed by atoms with Crippen molar-refractivity contribution in [1.82, 2.24) is 5.32 Å². The van der Waals surface area contributed by atoms with Crippen molar-refractivity contribution in [2.75, 3.05) is 13.2 Å². The molecule has 1 atom stereocenters. The molecule has 1 unspecified atom stereocenters. The molecule has 34 heavy (non-hydrogen) atoms. The predicted molar refractivity (Wildman–Crippen MR) is 132 cm³/mol. The Bertz CT molecular complexity index is 1190. The number of hydrogen-bond acceptors (Lipinski definition) is 4. The summed E-state index contributed by atoms with van der Waals surface area (Å²) >= 11 is 0. The summed E-state index contributed by atoms with van der Waals surface area (Å²) in [5.74, 6) is 0.0579. The number of rotatable bonds is 9. The average Bonchev–Trinajstić information content (AvgIpc) is 3.16. The van der Waals surface area contributed by atoms with E-state index in [1.165, 1.54) is 12.5 Å². The van der Waals surface area contributed by atoms with Crippen LogP contribution in [-0.4, -0.2) is 25.1 Å². The average molecular weight is 456 g/mol. The molecule has 1 N–H and O–H groups in total. The first-order valence-corrected chi connectivity index (χ1v) is 11.6. The number of aryl methyl sites for hydroxylation is 1. The van der Waals surface area contributed by atoms with Gasteiger partial charge in [-0.15, -0.1) is 0 Å². The van der Waals surface area contributed by atoms with Gasteiger partial charge in [0.05, 0.1) is 24.8 Å². The van der Waals surface area contributed by atoms with Gasteiger partial charge in [-0.05, 0) is 54.2 Å². The van der Waals surface area contributed by atoms with E-state index in [2.05, 4.69) is 17.4 Å². The molecule has 0 bridgehead atoms. The molecule has 1 amide bonds. The summed E-state index contributed by atoms with van der Waals surface area (Å²) < 4.78 is 11.4. The standard InChI is InChI=1S/C29H29NO4/c1-3-33-29(32)27-26(22-14-8-5-9-15-22)24-17-16-23(19-25(24)28(27)30-20(2)31)34-18-10-13-21-11-6-4-7-12-21/h4-9,11-12,14-17,19,28H,3,10,13,18H2,1-2H3,(H,30,31). The first-order valence-electron chi connectivity index (χ1n) is 11.6. The van der Waals surface area contributed by atoms with Gasteiger partial charge in [0.1, 0.15) is 5.75 Å². The van der Waals surface area contributed by atoms with E-state index in [0.29, 0.717) is 17.9 Å². The molecule has 0 saturated heterocycles. The van der Waals surface area contributed by atoms with Crippen molar-refractivity contribution in [2.24, 2.45) is 0 Å². The van der Waals surface area contributed by atoms with Crippen LogP contribution in [0, 0.1) is 0 Å². The highest BCUT2D eigenvalue weighted by Gasteiger charge is 2.37. The maximum atomic E-state index is 13.1. The molecule has 174 valence electrons. The van der Waals surface area contributed by atoms with Gasteiger partial charge in [-0.3, -0.25) is 4.79 Å². The third kappa shape index (κ3) is 5.20. The zero-order chi connectivity index (χ0) is 23.9. The lowest BCUT2D eigenvalue weighted by Crippen LogP contribution is -2.29. The Hall–Kier alpha value is -3.86. The summed E-state index contributed by atoms with van der Waals surface area (Å²) in [7, 11) is 0. The van der Waals surface area contributed by atoms with Gasteiger partial charge in [-0.1, -0.05) is 66.7 Å². The van der Waals surface area contributed by atoms with Crippen molar-refractivity contribution in [2.45, 2.75) is 32.7 Å². The Morgan fingerprint density at radius 3 is 2.32 bits per heavy atom. The van der Waals surface area contributed by atoms with Crippen molar-refractivity contribution in [3.63, 3.8) is 0 Å². The Labute approximate surface area is 200 Å². The number of carbonyl (C=O) groups is 2. The summed E-state index contributed by atoms with van der Waals surface area (Å²) in [6.45, 7) is 4.05. The molecule has 0 fully saturated rings. The Kier molecular flexibility index (Phi) is 7.43. The molecular weight excluding hydrogens is 426 g/mol. The first kappa shape index (κ1) is 23.3. The zero-order valence-corrected chi connectivity index (χ0v) is 19.5. The smallest absolute Gasteiger partial charge is 0.337 e. The van der Waals surface area contributed by atoms with Crippen LogP contribution in [0.4, 0.5) is 0 Å². The summed E-state index contributed by atoms with van der Waals surface area (Å²) in [6, 6.07) is 25.2. The van der Waals surface area contributed by atoms with Gasteiger partial charge in [0.25, 0.3) is 0 Å². The van der Waals surface area contributed by atoms with Crippen LogP contribution in [-0.2, 0) is 20.7 Å². The number of carbonyl (C=O) groups excluding carboxylic acids is 2. The van der Waals surface area contributed by atoms with E-state index in [-0.39, 0.29) is 12.5 Å². The van der Waals surface area contributed by atoms with Gasteiger partial charge < -0.3 is 14.8 Å². The molecule has 0 spiro atoms. The van der Waals surface area contributed by atoms with Crippen molar-refractivity contribution in [1.29, 1.82) is 0 Å². The van der Waals surface area contributed by atoms with Crippen LogP contribution in [0.3, 0.4) is 0 Å². The van der Waals surface area contributed by atoms with Crippen molar-refractivity contribution in [3.05, 3.63) is 107 Å². The third-order valence-corrected chi connectivity index (χ3v) is 5.79. The molecule has 3 aromatic rings. The van der Waals surface area contributed by atoms with E-state index in [1.807, 2.05) is 66.7 Å². The van der Waals surface area contributed by atoms with Crippen LogP contribution in [0.1, 0.15) is 48.6 Å². The molecule has 0 saturated carbocycles. The molecule has 5 heteroatoms. The molecule has 0 heterocycles. The predicted octanol–water partition coefficient (Wildman–Crippen LogP) is 5.25. The second-order valence-electron chi connectivity index (χ2n) is 8.20. The van der Waals surface area contributed by atoms with E-state index < -0.39 is 12.0 Å². The summed E-state index contributed by atoms with van der Waals surface area (Å²) in [5.41, 5.74) is 5.13. The van der Waals surface area contributed by atoms with Crippen LogP contribution >= 0.6 is 0 Å². The zero-order valence-electron chi connectivity index (χ0n) is 19.5. The number of esters is 1. The minimum absolute atomic E-state index is 0.221. The summed E-state index contributed by atoms with van der Waals surface area (Å²) in [4.78, 5) is 25.1.